The van der Waals surface area contributed by atoms with E-state index in [4.69, 9.17) is 9.97 Å². The Balaban J connectivity index is 1.92. The first-order valence-electron chi connectivity index (χ1n) is 7.83. The van der Waals surface area contributed by atoms with Crippen LogP contribution in [-0.4, -0.2) is 42.1 Å². The van der Waals surface area contributed by atoms with Crippen LogP contribution in [0.3, 0.4) is 0 Å². The van der Waals surface area contributed by atoms with E-state index in [1.165, 1.54) is 12.8 Å². The Morgan fingerprint density at radius 1 is 1.38 bits per heavy atom. The topological polar surface area (TPSA) is 70.2 Å². The third-order valence-corrected chi connectivity index (χ3v) is 3.96. The fourth-order valence-corrected chi connectivity index (χ4v) is 2.59. The molecule has 1 aromatic rings. The van der Waals surface area contributed by atoms with Crippen LogP contribution in [-0.2, 0) is 4.79 Å². The maximum atomic E-state index is 11.6. The summed E-state index contributed by atoms with van der Waals surface area (Å²) in [6.45, 7) is 6.95. The van der Waals surface area contributed by atoms with Crippen LogP contribution in [0.2, 0.25) is 0 Å². The first kappa shape index (κ1) is 14.1. The summed E-state index contributed by atoms with van der Waals surface area (Å²) in [5, 5.41) is 6.26. The second-order valence-electron chi connectivity index (χ2n) is 5.85. The van der Waals surface area contributed by atoms with Crippen molar-refractivity contribution >= 4 is 17.5 Å². The summed E-state index contributed by atoms with van der Waals surface area (Å²) >= 11 is 0. The highest BCUT2D eigenvalue weighted by atomic mass is 16.2. The van der Waals surface area contributed by atoms with E-state index in [1.54, 1.807) is 0 Å². The molecule has 3 rings (SSSR count). The smallest absolute Gasteiger partial charge is 0.239 e. The highest BCUT2D eigenvalue weighted by Crippen LogP contribution is 2.40. The lowest BCUT2D eigenvalue weighted by molar-refractivity contribution is -0.120. The maximum Gasteiger partial charge on any atom is 0.239 e. The van der Waals surface area contributed by atoms with Gasteiger partial charge < -0.3 is 15.5 Å². The molecule has 0 radical (unpaired) electrons. The summed E-state index contributed by atoms with van der Waals surface area (Å²) in [5.74, 6) is 3.34. The van der Waals surface area contributed by atoms with Gasteiger partial charge in [-0.05, 0) is 26.2 Å². The molecule has 0 atom stereocenters. The Morgan fingerprint density at radius 2 is 2.19 bits per heavy atom. The number of aromatic nitrogens is 2. The lowest BCUT2D eigenvalue weighted by Gasteiger charge is -2.29. The van der Waals surface area contributed by atoms with Crippen LogP contribution in [0.5, 0.6) is 0 Å². The zero-order valence-electron chi connectivity index (χ0n) is 12.8. The second kappa shape index (κ2) is 5.87. The molecular formula is C15H23N5O. The summed E-state index contributed by atoms with van der Waals surface area (Å²) in [5.41, 5.74) is 1.04. The van der Waals surface area contributed by atoms with Gasteiger partial charge in [-0.2, -0.15) is 0 Å². The van der Waals surface area contributed by atoms with Crippen LogP contribution < -0.4 is 15.5 Å². The second-order valence-corrected chi connectivity index (χ2v) is 5.85. The van der Waals surface area contributed by atoms with Crippen LogP contribution in [0.4, 0.5) is 11.6 Å². The molecule has 1 saturated heterocycles. The normalized spacial score (nSPS) is 18.6. The molecule has 2 N–H and O–H groups in total. The number of amides is 1. The Labute approximate surface area is 125 Å². The molecule has 1 aliphatic heterocycles. The van der Waals surface area contributed by atoms with Crippen LogP contribution in [0.1, 0.15) is 43.5 Å². The minimum atomic E-state index is 0.0651. The van der Waals surface area contributed by atoms with Crippen LogP contribution >= 0.6 is 0 Å². The van der Waals surface area contributed by atoms with Crippen LogP contribution in [0, 0.1) is 6.92 Å². The number of hydrogen-bond acceptors (Lipinski definition) is 5. The average Bonchev–Trinajstić information content (AvgIpc) is 3.31. The van der Waals surface area contributed by atoms with E-state index in [0.29, 0.717) is 19.0 Å². The lowest BCUT2D eigenvalue weighted by atomic mass is 10.2. The van der Waals surface area contributed by atoms with E-state index in [-0.39, 0.29) is 5.91 Å². The zero-order valence-corrected chi connectivity index (χ0v) is 12.8. The van der Waals surface area contributed by atoms with Gasteiger partial charge in [-0.1, -0.05) is 6.92 Å². The SMILES string of the molecule is CCCNc1nc(C2CC2)nc(N2CCNC(=O)C2)c1C. The third kappa shape index (κ3) is 3.09. The minimum Gasteiger partial charge on any atom is -0.370 e. The standard InChI is InChI=1S/C15H23N5O/c1-3-6-17-13-10(2)15(19-14(18-13)11-4-5-11)20-8-7-16-12(21)9-20/h11H,3-9H2,1-2H3,(H,16,21)(H,17,18,19). The number of carbonyl (C=O) groups is 1. The van der Waals surface area contributed by atoms with Gasteiger partial charge in [0, 0.05) is 31.1 Å². The van der Waals surface area contributed by atoms with Gasteiger partial charge in [-0.15, -0.1) is 0 Å². The molecule has 2 heterocycles. The summed E-state index contributed by atoms with van der Waals surface area (Å²) in [6.07, 6.45) is 3.41. The van der Waals surface area contributed by atoms with Crippen molar-refractivity contribution in [3.8, 4) is 0 Å². The van der Waals surface area contributed by atoms with E-state index in [1.807, 2.05) is 6.92 Å². The third-order valence-electron chi connectivity index (χ3n) is 3.96. The number of rotatable bonds is 5. The van der Waals surface area contributed by atoms with Gasteiger partial charge in [0.2, 0.25) is 5.91 Å². The molecule has 0 aromatic carbocycles. The molecule has 1 saturated carbocycles. The molecule has 1 aromatic heterocycles. The van der Waals surface area contributed by atoms with E-state index < -0.39 is 0 Å². The van der Waals surface area contributed by atoms with Crippen molar-refractivity contribution in [3.05, 3.63) is 11.4 Å². The highest BCUT2D eigenvalue weighted by molar-refractivity contribution is 5.82. The number of nitrogens with zero attached hydrogens (tertiary/aromatic N) is 3. The number of carbonyl (C=O) groups excluding carboxylic acids is 1. The van der Waals surface area contributed by atoms with Gasteiger partial charge in [0.15, 0.2) is 0 Å². The van der Waals surface area contributed by atoms with Gasteiger partial charge in [0.1, 0.15) is 17.5 Å². The quantitative estimate of drug-likeness (QED) is 0.858. The lowest BCUT2D eigenvalue weighted by Crippen LogP contribution is -2.48. The van der Waals surface area contributed by atoms with Gasteiger partial charge >= 0.3 is 0 Å². The van der Waals surface area contributed by atoms with Crippen molar-refractivity contribution in [2.45, 2.75) is 39.0 Å². The molecule has 0 spiro atoms. The predicted octanol–water partition coefficient (Wildman–Crippen LogP) is 1.42. The predicted molar refractivity (Wildman–Crippen MR) is 82.7 cm³/mol. The van der Waals surface area contributed by atoms with Crippen molar-refractivity contribution in [3.63, 3.8) is 0 Å². The molecule has 2 fully saturated rings. The summed E-state index contributed by atoms with van der Waals surface area (Å²) in [6, 6.07) is 0. The van der Waals surface area contributed by atoms with E-state index in [0.717, 1.165) is 42.5 Å². The van der Waals surface area contributed by atoms with Crippen molar-refractivity contribution in [1.82, 2.24) is 15.3 Å². The minimum absolute atomic E-state index is 0.0651. The number of piperazine rings is 1. The largest absolute Gasteiger partial charge is 0.370 e. The first-order chi connectivity index (χ1) is 10.2. The van der Waals surface area contributed by atoms with Gasteiger partial charge in [0.25, 0.3) is 0 Å². The Bertz CT molecular complexity index is 541. The van der Waals surface area contributed by atoms with Crippen molar-refractivity contribution in [1.29, 1.82) is 0 Å². The summed E-state index contributed by atoms with van der Waals surface area (Å²) in [4.78, 5) is 23.2. The molecular weight excluding hydrogens is 266 g/mol. The monoisotopic (exact) mass is 289 g/mol. The van der Waals surface area contributed by atoms with Crippen molar-refractivity contribution in [2.75, 3.05) is 36.4 Å². The zero-order chi connectivity index (χ0) is 14.8. The maximum absolute atomic E-state index is 11.6. The van der Waals surface area contributed by atoms with E-state index in [2.05, 4.69) is 22.5 Å². The summed E-state index contributed by atoms with van der Waals surface area (Å²) < 4.78 is 0. The Morgan fingerprint density at radius 3 is 2.86 bits per heavy atom. The highest BCUT2D eigenvalue weighted by Gasteiger charge is 2.30. The molecule has 1 amide bonds. The molecule has 6 heteroatoms. The van der Waals surface area contributed by atoms with Crippen LogP contribution in [0.25, 0.3) is 0 Å². The molecule has 21 heavy (non-hydrogen) atoms. The van der Waals surface area contributed by atoms with Gasteiger partial charge in [-0.3, -0.25) is 4.79 Å². The number of hydrogen-bond donors (Lipinski definition) is 2. The molecule has 0 unspecified atom stereocenters. The molecule has 114 valence electrons. The Hall–Kier alpha value is -1.85. The molecule has 6 nitrogen and oxygen atoms in total. The number of nitrogens with one attached hydrogen (secondary N) is 2. The fourth-order valence-electron chi connectivity index (χ4n) is 2.59. The van der Waals surface area contributed by atoms with E-state index >= 15 is 0 Å². The summed E-state index contributed by atoms with van der Waals surface area (Å²) in [7, 11) is 0. The van der Waals surface area contributed by atoms with Crippen molar-refractivity contribution in [2.24, 2.45) is 0 Å². The van der Waals surface area contributed by atoms with Crippen LogP contribution in [0.15, 0.2) is 0 Å². The van der Waals surface area contributed by atoms with Crippen molar-refractivity contribution < 1.29 is 4.79 Å². The number of anilines is 2. The fraction of sp³-hybridized carbons (Fsp3) is 0.667. The van der Waals surface area contributed by atoms with Gasteiger partial charge in [0.05, 0.1) is 6.54 Å². The molecule has 0 bridgehead atoms. The van der Waals surface area contributed by atoms with E-state index in [9.17, 15) is 4.79 Å². The average molecular weight is 289 g/mol. The molecule has 2 aliphatic rings. The Kier molecular flexibility index (Phi) is 3.94. The first-order valence-corrected chi connectivity index (χ1v) is 7.83. The molecule has 1 aliphatic carbocycles. The van der Waals surface area contributed by atoms with Gasteiger partial charge in [-0.25, -0.2) is 9.97 Å².